The summed E-state index contributed by atoms with van der Waals surface area (Å²) in [4.78, 5) is 0. The molecule has 0 aliphatic rings. The molecule has 0 aromatic heterocycles. The van der Waals surface area contributed by atoms with Crippen molar-refractivity contribution in [3.05, 3.63) is 58.6 Å². The summed E-state index contributed by atoms with van der Waals surface area (Å²) in [6.45, 7) is 2.00. The monoisotopic (exact) mass is 227 g/mol. The Kier molecular flexibility index (Phi) is 2.94. The van der Waals surface area contributed by atoms with Gasteiger partial charge in [-0.2, -0.15) is 5.26 Å². The zero-order valence-corrected chi connectivity index (χ0v) is 9.62. The minimum atomic E-state index is 0.652. The molecule has 78 valence electrons. The Bertz CT molecular complexity index is 567. The fourth-order valence-corrected chi connectivity index (χ4v) is 1.90. The van der Waals surface area contributed by atoms with E-state index in [-0.39, 0.29) is 0 Å². The van der Waals surface area contributed by atoms with E-state index >= 15 is 0 Å². The van der Waals surface area contributed by atoms with E-state index in [1.165, 1.54) is 0 Å². The van der Waals surface area contributed by atoms with Crippen LogP contribution in [0.2, 0.25) is 5.02 Å². The fourth-order valence-electron chi connectivity index (χ4n) is 1.66. The molecule has 1 nitrogen and oxygen atoms in total. The third-order valence-electron chi connectivity index (χ3n) is 2.46. The predicted octanol–water partition coefficient (Wildman–Crippen LogP) is 4.19. The number of hydrogen-bond donors (Lipinski definition) is 0. The van der Waals surface area contributed by atoms with Gasteiger partial charge in [0.2, 0.25) is 0 Å². The van der Waals surface area contributed by atoms with Crippen LogP contribution in [-0.2, 0) is 0 Å². The lowest BCUT2D eigenvalue weighted by Crippen LogP contribution is -1.86. The second-order valence-corrected chi connectivity index (χ2v) is 4.05. The highest BCUT2D eigenvalue weighted by molar-refractivity contribution is 6.33. The highest BCUT2D eigenvalue weighted by Crippen LogP contribution is 2.30. The average molecular weight is 228 g/mol. The molecule has 2 heteroatoms. The van der Waals surface area contributed by atoms with Gasteiger partial charge >= 0.3 is 0 Å². The van der Waals surface area contributed by atoms with Crippen molar-refractivity contribution in [1.29, 1.82) is 5.26 Å². The minimum absolute atomic E-state index is 0.652. The van der Waals surface area contributed by atoms with Gasteiger partial charge in [0, 0.05) is 16.1 Å². The van der Waals surface area contributed by atoms with E-state index in [2.05, 4.69) is 6.07 Å². The van der Waals surface area contributed by atoms with Crippen LogP contribution in [0.25, 0.3) is 11.1 Å². The summed E-state index contributed by atoms with van der Waals surface area (Å²) in [6, 6.07) is 15.5. The zero-order chi connectivity index (χ0) is 11.5. The lowest BCUT2D eigenvalue weighted by Gasteiger charge is -2.07. The van der Waals surface area contributed by atoms with Crippen molar-refractivity contribution < 1.29 is 0 Å². The number of benzene rings is 2. The molecule has 0 saturated heterocycles. The summed E-state index contributed by atoms with van der Waals surface area (Å²) in [5, 5.41) is 9.74. The van der Waals surface area contributed by atoms with Crippen LogP contribution < -0.4 is 0 Å². The molecule has 0 aliphatic carbocycles. The van der Waals surface area contributed by atoms with Crippen LogP contribution in [0.15, 0.2) is 42.5 Å². The van der Waals surface area contributed by atoms with Gasteiger partial charge in [0.25, 0.3) is 0 Å². The first-order valence-electron chi connectivity index (χ1n) is 4.98. The molecular weight excluding hydrogens is 218 g/mol. The molecule has 0 fully saturated rings. The molecule has 0 bridgehead atoms. The number of aryl methyl sites for hydroxylation is 1. The molecule has 0 heterocycles. The maximum Gasteiger partial charge on any atom is 0.0998 e. The average Bonchev–Trinajstić information content (AvgIpc) is 2.29. The van der Waals surface area contributed by atoms with Crippen LogP contribution in [0.4, 0.5) is 0 Å². The minimum Gasteiger partial charge on any atom is -0.192 e. The van der Waals surface area contributed by atoms with Gasteiger partial charge in [-0.15, -0.1) is 0 Å². The largest absolute Gasteiger partial charge is 0.192 e. The number of nitrogens with zero attached hydrogens (tertiary/aromatic N) is 1. The molecule has 2 rings (SSSR count). The normalized spacial score (nSPS) is 9.81. The second-order valence-electron chi connectivity index (χ2n) is 3.64. The third kappa shape index (κ3) is 1.93. The molecule has 0 saturated carbocycles. The van der Waals surface area contributed by atoms with Crippen molar-refractivity contribution in [3.63, 3.8) is 0 Å². The summed E-state index contributed by atoms with van der Waals surface area (Å²) in [6.07, 6.45) is 0. The van der Waals surface area contributed by atoms with Crippen molar-refractivity contribution in [2.45, 2.75) is 6.92 Å². The fraction of sp³-hybridized carbons (Fsp3) is 0.0714. The Balaban J connectivity index is 2.69. The van der Waals surface area contributed by atoms with Crippen LogP contribution in [0.1, 0.15) is 11.1 Å². The Morgan fingerprint density at radius 3 is 2.50 bits per heavy atom. The van der Waals surface area contributed by atoms with Gasteiger partial charge in [0.05, 0.1) is 11.6 Å². The van der Waals surface area contributed by atoms with Gasteiger partial charge in [-0.05, 0) is 19.1 Å². The maximum absolute atomic E-state index is 9.07. The van der Waals surface area contributed by atoms with Crippen LogP contribution in [0, 0.1) is 18.3 Å². The summed E-state index contributed by atoms with van der Waals surface area (Å²) in [5.74, 6) is 0. The topological polar surface area (TPSA) is 23.8 Å². The van der Waals surface area contributed by atoms with E-state index in [0.29, 0.717) is 10.6 Å². The lowest BCUT2D eigenvalue weighted by molar-refractivity contribution is 1.42. The van der Waals surface area contributed by atoms with Crippen LogP contribution in [-0.4, -0.2) is 0 Å². The summed E-state index contributed by atoms with van der Waals surface area (Å²) < 4.78 is 0. The van der Waals surface area contributed by atoms with Crippen LogP contribution >= 0.6 is 11.6 Å². The SMILES string of the molecule is Cc1ccc(C#N)c(-c2ccccc2Cl)c1. The first kappa shape index (κ1) is 10.7. The summed E-state index contributed by atoms with van der Waals surface area (Å²) >= 11 is 6.13. The number of halogens is 1. The number of rotatable bonds is 1. The zero-order valence-electron chi connectivity index (χ0n) is 8.87. The van der Waals surface area contributed by atoms with Crippen molar-refractivity contribution >= 4 is 11.6 Å². The maximum atomic E-state index is 9.07. The molecular formula is C14H10ClN. The van der Waals surface area contributed by atoms with Gasteiger partial charge in [-0.1, -0.05) is 47.5 Å². The highest BCUT2D eigenvalue weighted by Gasteiger charge is 2.07. The third-order valence-corrected chi connectivity index (χ3v) is 2.79. The van der Waals surface area contributed by atoms with Crippen molar-refractivity contribution in [1.82, 2.24) is 0 Å². The summed E-state index contributed by atoms with van der Waals surface area (Å²) in [7, 11) is 0. The lowest BCUT2D eigenvalue weighted by atomic mass is 9.98. The van der Waals surface area contributed by atoms with Gasteiger partial charge in [-0.25, -0.2) is 0 Å². The quantitative estimate of drug-likeness (QED) is 0.717. The van der Waals surface area contributed by atoms with E-state index in [1.54, 1.807) is 0 Å². The molecule has 0 N–H and O–H groups in total. The number of hydrogen-bond acceptors (Lipinski definition) is 1. The Hall–Kier alpha value is -1.78. The van der Waals surface area contributed by atoms with Crippen LogP contribution in [0.5, 0.6) is 0 Å². The van der Waals surface area contributed by atoms with E-state index in [4.69, 9.17) is 16.9 Å². The van der Waals surface area contributed by atoms with Gasteiger partial charge in [-0.3, -0.25) is 0 Å². The van der Waals surface area contributed by atoms with E-state index in [1.807, 2.05) is 49.4 Å². The Labute approximate surface area is 99.9 Å². The Morgan fingerprint density at radius 2 is 1.81 bits per heavy atom. The van der Waals surface area contributed by atoms with Gasteiger partial charge < -0.3 is 0 Å². The highest BCUT2D eigenvalue weighted by atomic mass is 35.5. The van der Waals surface area contributed by atoms with Crippen molar-refractivity contribution in [2.75, 3.05) is 0 Å². The van der Waals surface area contributed by atoms with Crippen molar-refractivity contribution in [2.24, 2.45) is 0 Å². The molecule has 2 aromatic rings. The predicted molar refractivity (Wildman–Crippen MR) is 66.3 cm³/mol. The molecule has 0 radical (unpaired) electrons. The molecule has 0 amide bonds. The van der Waals surface area contributed by atoms with E-state index in [9.17, 15) is 0 Å². The first-order valence-corrected chi connectivity index (χ1v) is 5.36. The van der Waals surface area contributed by atoms with Gasteiger partial charge in [0.1, 0.15) is 0 Å². The molecule has 0 atom stereocenters. The standard InChI is InChI=1S/C14H10ClN/c1-10-6-7-11(9-16)13(8-10)12-4-2-3-5-14(12)15/h2-8H,1H3. The molecule has 0 spiro atoms. The smallest absolute Gasteiger partial charge is 0.0998 e. The summed E-state index contributed by atoms with van der Waals surface area (Å²) in [5.41, 5.74) is 3.57. The number of nitriles is 1. The Morgan fingerprint density at radius 1 is 1.06 bits per heavy atom. The van der Waals surface area contributed by atoms with Gasteiger partial charge in [0.15, 0.2) is 0 Å². The van der Waals surface area contributed by atoms with E-state index < -0.39 is 0 Å². The van der Waals surface area contributed by atoms with Crippen LogP contribution in [0.3, 0.4) is 0 Å². The molecule has 0 aliphatic heterocycles. The van der Waals surface area contributed by atoms with E-state index in [0.717, 1.165) is 16.7 Å². The molecule has 16 heavy (non-hydrogen) atoms. The first-order chi connectivity index (χ1) is 7.72. The second kappa shape index (κ2) is 4.38. The molecule has 2 aromatic carbocycles. The van der Waals surface area contributed by atoms with Crippen molar-refractivity contribution in [3.8, 4) is 17.2 Å². The molecule has 0 unspecified atom stereocenters.